The number of carbonyl (C=O) groups is 1. The monoisotopic (exact) mass is 488 g/mol. The first-order valence-corrected chi connectivity index (χ1v) is 12.8. The fourth-order valence-electron chi connectivity index (χ4n) is 3.60. The van der Waals surface area contributed by atoms with E-state index in [1.807, 2.05) is 60.7 Å². The topological polar surface area (TPSA) is 75.7 Å². The van der Waals surface area contributed by atoms with Crippen LogP contribution >= 0.6 is 11.3 Å². The zero-order valence-corrected chi connectivity index (χ0v) is 19.6. The van der Waals surface area contributed by atoms with Gasteiger partial charge in [-0.3, -0.25) is 9.10 Å². The fraction of sp³-hybridized carbons (Fsp3) is 0.0385. The molecule has 0 saturated carbocycles. The molecule has 0 aliphatic carbocycles. The summed E-state index contributed by atoms with van der Waals surface area (Å²) < 4.78 is 34.0. The van der Waals surface area contributed by atoms with Gasteiger partial charge in [0.1, 0.15) is 16.4 Å². The van der Waals surface area contributed by atoms with Crippen molar-refractivity contribution in [2.45, 2.75) is 6.54 Å². The second-order valence-electron chi connectivity index (χ2n) is 7.55. The van der Waals surface area contributed by atoms with E-state index in [4.69, 9.17) is 4.74 Å². The van der Waals surface area contributed by atoms with E-state index >= 15 is 0 Å². The Morgan fingerprint density at radius 3 is 2.21 bits per heavy atom. The number of rotatable bonds is 6. The molecule has 0 bridgehead atoms. The van der Waals surface area contributed by atoms with Crippen LogP contribution in [0.5, 0.6) is 11.5 Å². The molecule has 5 rings (SSSR count). The van der Waals surface area contributed by atoms with Crippen LogP contribution in [0.25, 0.3) is 0 Å². The number of benzene rings is 3. The van der Waals surface area contributed by atoms with Crippen molar-refractivity contribution in [1.29, 1.82) is 0 Å². The predicted octanol–water partition coefficient (Wildman–Crippen LogP) is 6.03. The molecule has 0 saturated heterocycles. The fourth-order valence-corrected chi connectivity index (χ4v) is 6.08. The van der Waals surface area contributed by atoms with E-state index in [0.717, 1.165) is 11.3 Å². The van der Waals surface area contributed by atoms with Crippen molar-refractivity contribution in [1.82, 2.24) is 0 Å². The van der Waals surface area contributed by atoms with Gasteiger partial charge in [0.2, 0.25) is 5.78 Å². The van der Waals surface area contributed by atoms with Crippen molar-refractivity contribution >= 4 is 38.5 Å². The van der Waals surface area contributed by atoms with Crippen LogP contribution in [0.15, 0.2) is 107 Å². The average Bonchev–Trinajstić information content (AvgIpc) is 3.34. The van der Waals surface area contributed by atoms with Gasteiger partial charge in [-0.1, -0.05) is 48.5 Å². The lowest BCUT2D eigenvalue weighted by molar-refractivity contribution is 0.104. The largest absolute Gasteiger partial charge is 0.457 e. The van der Waals surface area contributed by atoms with Gasteiger partial charge in [0.25, 0.3) is 10.0 Å². The molecule has 6 nitrogen and oxygen atoms in total. The number of sulfonamides is 1. The molecule has 1 N–H and O–H groups in total. The Labute approximate surface area is 201 Å². The number of thiophene rings is 1. The molecule has 3 aromatic carbocycles. The molecule has 1 aromatic heterocycles. The molecule has 1 aliphatic rings. The SMILES string of the molecule is O=C1C(=CNc2ccc(Oc3ccccc3)cc2)S(=O)(=O)N(Cc2ccccc2)c2ccsc21. The van der Waals surface area contributed by atoms with E-state index in [0.29, 0.717) is 22.0 Å². The number of nitrogens with zero attached hydrogens (tertiary/aromatic N) is 1. The first-order chi connectivity index (χ1) is 16.5. The summed E-state index contributed by atoms with van der Waals surface area (Å²) in [5.41, 5.74) is 1.87. The minimum atomic E-state index is -4.05. The minimum Gasteiger partial charge on any atom is -0.457 e. The Hall–Kier alpha value is -3.88. The Kier molecular flexibility index (Phi) is 5.91. The van der Waals surface area contributed by atoms with E-state index in [1.54, 1.807) is 35.7 Å². The Morgan fingerprint density at radius 1 is 0.853 bits per heavy atom. The summed E-state index contributed by atoms with van der Waals surface area (Å²) in [7, 11) is -4.05. The highest BCUT2D eigenvalue weighted by Crippen LogP contribution is 2.39. The second kappa shape index (κ2) is 9.17. The van der Waals surface area contributed by atoms with E-state index in [-0.39, 0.29) is 11.4 Å². The number of nitrogens with one attached hydrogen (secondary N) is 1. The number of para-hydroxylation sites is 1. The third-order valence-corrected chi connectivity index (χ3v) is 7.95. The van der Waals surface area contributed by atoms with Crippen molar-refractivity contribution in [2.24, 2.45) is 0 Å². The lowest BCUT2D eigenvalue weighted by atomic mass is 10.2. The van der Waals surface area contributed by atoms with Crippen LogP contribution in [-0.2, 0) is 16.6 Å². The number of allylic oxidation sites excluding steroid dienone is 1. The van der Waals surface area contributed by atoms with Crippen molar-refractivity contribution in [3.05, 3.63) is 118 Å². The zero-order valence-electron chi connectivity index (χ0n) is 17.9. The summed E-state index contributed by atoms with van der Waals surface area (Å²) in [5, 5.41) is 4.69. The van der Waals surface area contributed by atoms with Crippen LogP contribution in [0, 0.1) is 0 Å². The maximum Gasteiger partial charge on any atom is 0.270 e. The quantitative estimate of drug-likeness (QED) is 0.336. The third kappa shape index (κ3) is 4.33. The summed E-state index contributed by atoms with van der Waals surface area (Å²) in [5.74, 6) is 0.850. The molecule has 34 heavy (non-hydrogen) atoms. The highest BCUT2D eigenvalue weighted by Gasteiger charge is 2.41. The van der Waals surface area contributed by atoms with E-state index < -0.39 is 15.8 Å². The van der Waals surface area contributed by atoms with Gasteiger partial charge in [0.05, 0.1) is 12.2 Å². The van der Waals surface area contributed by atoms with Gasteiger partial charge in [0.15, 0.2) is 4.91 Å². The normalized spacial score (nSPS) is 15.7. The first-order valence-electron chi connectivity index (χ1n) is 10.5. The first kappa shape index (κ1) is 21.9. The highest BCUT2D eigenvalue weighted by molar-refractivity contribution is 7.97. The molecule has 0 unspecified atom stereocenters. The molecule has 8 heteroatoms. The molecule has 0 atom stereocenters. The van der Waals surface area contributed by atoms with Crippen molar-refractivity contribution in [2.75, 3.05) is 9.62 Å². The number of fused-ring (bicyclic) bond motifs is 1. The molecule has 0 amide bonds. The van der Waals surface area contributed by atoms with Crippen molar-refractivity contribution in [3.63, 3.8) is 0 Å². The summed E-state index contributed by atoms with van der Waals surface area (Å²) in [6, 6.07) is 27.4. The van der Waals surface area contributed by atoms with Gasteiger partial charge in [-0.15, -0.1) is 11.3 Å². The number of ether oxygens (including phenoxy) is 1. The van der Waals surface area contributed by atoms with Gasteiger partial charge < -0.3 is 10.1 Å². The van der Waals surface area contributed by atoms with Crippen LogP contribution in [0.4, 0.5) is 11.4 Å². The maximum absolute atomic E-state index is 13.4. The number of carbonyl (C=O) groups excluding carboxylic acids is 1. The van der Waals surface area contributed by atoms with Gasteiger partial charge in [-0.2, -0.15) is 0 Å². The lowest BCUT2D eigenvalue weighted by Crippen LogP contribution is -2.38. The number of hydrogen-bond donors (Lipinski definition) is 1. The number of Topliss-reactive ketones (excluding diaryl/α,β-unsaturated/α-hetero) is 1. The lowest BCUT2D eigenvalue weighted by Gasteiger charge is -2.29. The smallest absolute Gasteiger partial charge is 0.270 e. The summed E-state index contributed by atoms with van der Waals surface area (Å²) in [6.07, 6.45) is 1.27. The third-order valence-electron chi connectivity index (χ3n) is 5.28. The van der Waals surface area contributed by atoms with E-state index in [2.05, 4.69) is 5.32 Å². The molecular formula is C26H20N2O4S2. The number of anilines is 2. The molecule has 170 valence electrons. The predicted molar refractivity (Wildman–Crippen MR) is 135 cm³/mol. The van der Waals surface area contributed by atoms with Crippen LogP contribution < -0.4 is 14.4 Å². The summed E-state index contributed by atoms with van der Waals surface area (Å²) in [6.45, 7) is 0.142. The molecule has 0 fully saturated rings. The molecule has 1 aliphatic heterocycles. The van der Waals surface area contributed by atoms with Crippen LogP contribution in [0.2, 0.25) is 0 Å². The Bertz CT molecular complexity index is 1450. The van der Waals surface area contributed by atoms with Gasteiger partial charge in [0, 0.05) is 11.9 Å². The standard InChI is InChI=1S/C26H20N2O4S2/c29-25-24(17-27-20-11-13-22(14-12-20)32-21-9-5-2-6-10-21)34(30,31)28(23-15-16-33-26(23)25)18-19-7-3-1-4-8-19/h1-17,27H,18H2. The molecule has 0 spiro atoms. The molecule has 0 radical (unpaired) electrons. The average molecular weight is 489 g/mol. The minimum absolute atomic E-state index is 0.142. The van der Waals surface area contributed by atoms with Gasteiger partial charge in [-0.05, 0) is 53.4 Å². The molecule has 4 aromatic rings. The number of hydrogen-bond acceptors (Lipinski definition) is 6. The van der Waals surface area contributed by atoms with E-state index in [9.17, 15) is 13.2 Å². The molecule has 2 heterocycles. The second-order valence-corrected chi connectivity index (χ2v) is 10.3. The Balaban J connectivity index is 1.40. The van der Waals surface area contributed by atoms with Gasteiger partial charge >= 0.3 is 0 Å². The van der Waals surface area contributed by atoms with Crippen molar-refractivity contribution < 1.29 is 17.9 Å². The molecular weight excluding hydrogens is 468 g/mol. The summed E-state index contributed by atoms with van der Waals surface area (Å²) in [4.78, 5) is 13.2. The van der Waals surface area contributed by atoms with Gasteiger partial charge in [-0.25, -0.2) is 8.42 Å². The summed E-state index contributed by atoms with van der Waals surface area (Å²) >= 11 is 1.24. The van der Waals surface area contributed by atoms with E-state index in [1.165, 1.54) is 21.8 Å². The van der Waals surface area contributed by atoms with Crippen LogP contribution in [0.1, 0.15) is 15.2 Å². The maximum atomic E-state index is 13.4. The van der Waals surface area contributed by atoms with Crippen molar-refractivity contribution in [3.8, 4) is 11.5 Å². The highest BCUT2D eigenvalue weighted by atomic mass is 32.2. The number of ketones is 1. The van der Waals surface area contributed by atoms with Crippen LogP contribution in [-0.4, -0.2) is 14.2 Å². The zero-order chi connectivity index (χ0) is 23.5. The van der Waals surface area contributed by atoms with Crippen LogP contribution in [0.3, 0.4) is 0 Å². The Morgan fingerprint density at radius 2 is 1.50 bits per heavy atom.